The molecule has 10 heteroatoms. The number of fused-ring (bicyclic) bond motifs is 1. The molecule has 2 aromatic carbocycles. The molecule has 1 aliphatic heterocycles. The van der Waals surface area contributed by atoms with Gasteiger partial charge in [-0.1, -0.05) is 6.07 Å². The highest BCUT2D eigenvalue weighted by Gasteiger charge is 2.31. The third-order valence-electron chi connectivity index (χ3n) is 5.24. The summed E-state index contributed by atoms with van der Waals surface area (Å²) >= 11 is 0. The monoisotopic (exact) mass is 448 g/mol. The van der Waals surface area contributed by atoms with Crippen LogP contribution in [0.2, 0.25) is 0 Å². The second-order valence-corrected chi connectivity index (χ2v) is 7.42. The van der Waals surface area contributed by atoms with Crippen LogP contribution in [0.5, 0.6) is 5.75 Å². The lowest BCUT2D eigenvalue weighted by molar-refractivity contribution is -0.137. The Morgan fingerprint density at radius 1 is 1.19 bits per heavy atom. The van der Waals surface area contributed by atoms with Crippen molar-refractivity contribution in [1.29, 1.82) is 0 Å². The highest BCUT2D eigenvalue weighted by molar-refractivity contribution is 5.89. The molecule has 1 N–H and O–H groups in total. The van der Waals surface area contributed by atoms with Gasteiger partial charge in [-0.05, 0) is 42.5 Å². The van der Waals surface area contributed by atoms with Gasteiger partial charge in [-0.15, -0.1) is 0 Å². The van der Waals surface area contributed by atoms with Crippen LogP contribution in [0.3, 0.4) is 0 Å². The number of anilines is 1. The molecular formula is C22H20F4N4O2. The van der Waals surface area contributed by atoms with Crippen molar-refractivity contribution < 1.29 is 27.1 Å². The average molecular weight is 448 g/mol. The molecule has 2 heterocycles. The number of alkyl halides is 3. The lowest BCUT2D eigenvalue weighted by Crippen LogP contribution is -2.39. The number of aryl methyl sites for hydroxylation is 1. The van der Waals surface area contributed by atoms with Crippen LogP contribution >= 0.6 is 0 Å². The lowest BCUT2D eigenvalue weighted by Gasteiger charge is -2.28. The molecule has 0 unspecified atom stereocenters. The van der Waals surface area contributed by atoms with Crippen molar-refractivity contribution in [2.24, 2.45) is 7.05 Å². The molecule has 0 spiro atoms. The van der Waals surface area contributed by atoms with E-state index in [0.717, 1.165) is 23.4 Å². The first-order valence-electron chi connectivity index (χ1n) is 9.86. The van der Waals surface area contributed by atoms with Crippen molar-refractivity contribution in [1.82, 2.24) is 14.7 Å². The van der Waals surface area contributed by atoms with Crippen LogP contribution in [0.1, 0.15) is 22.5 Å². The summed E-state index contributed by atoms with van der Waals surface area (Å²) in [7, 11) is 1.80. The quantitative estimate of drug-likeness (QED) is 0.587. The van der Waals surface area contributed by atoms with E-state index in [0.29, 0.717) is 24.4 Å². The number of nitrogens with zero attached hydrogens (tertiary/aromatic N) is 3. The number of aromatic nitrogens is 2. The summed E-state index contributed by atoms with van der Waals surface area (Å²) in [5.41, 5.74) is 1.68. The maximum atomic E-state index is 13.1. The largest absolute Gasteiger partial charge is 0.487 e. The second kappa shape index (κ2) is 8.52. The van der Waals surface area contributed by atoms with Gasteiger partial charge in [0.05, 0.1) is 12.1 Å². The van der Waals surface area contributed by atoms with Crippen molar-refractivity contribution in [3.8, 4) is 5.75 Å². The van der Waals surface area contributed by atoms with Crippen LogP contribution in [0.4, 0.5) is 28.0 Å². The maximum absolute atomic E-state index is 13.1. The number of hydrogen-bond donors (Lipinski definition) is 1. The Bertz CT molecular complexity index is 1130. The fraction of sp³-hybridized carbons (Fsp3) is 0.273. The number of amides is 2. The highest BCUT2D eigenvalue weighted by Crippen LogP contribution is 2.31. The Morgan fingerprint density at radius 3 is 2.66 bits per heavy atom. The summed E-state index contributed by atoms with van der Waals surface area (Å²) < 4.78 is 59.3. The third-order valence-corrected chi connectivity index (χ3v) is 5.24. The Kier molecular flexibility index (Phi) is 5.77. The SMILES string of the molecule is Cn1nc(COc2ccc(F)cc2)c2c1CCN(C(=O)Nc1cccc(C(F)(F)F)c1)C2. The first-order valence-corrected chi connectivity index (χ1v) is 9.86. The maximum Gasteiger partial charge on any atom is 0.416 e. The number of hydrogen-bond acceptors (Lipinski definition) is 3. The molecule has 1 aliphatic rings. The van der Waals surface area contributed by atoms with E-state index in [2.05, 4.69) is 10.4 Å². The van der Waals surface area contributed by atoms with Crippen molar-refractivity contribution >= 4 is 11.7 Å². The van der Waals surface area contributed by atoms with E-state index in [9.17, 15) is 22.4 Å². The number of halogens is 4. The topological polar surface area (TPSA) is 59.4 Å². The minimum Gasteiger partial charge on any atom is -0.487 e. The van der Waals surface area contributed by atoms with Crippen molar-refractivity contribution in [2.45, 2.75) is 25.7 Å². The van der Waals surface area contributed by atoms with Crippen molar-refractivity contribution in [3.63, 3.8) is 0 Å². The van der Waals surface area contributed by atoms with Gasteiger partial charge in [-0.3, -0.25) is 4.68 Å². The predicted octanol–water partition coefficient (Wildman–Crippen LogP) is 4.75. The Balaban J connectivity index is 1.45. The smallest absolute Gasteiger partial charge is 0.416 e. The van der Waals surface area contributed by atoms with Gasteiger partial charge in [0.1, 0.15) is 23.9 Å². The van der Waals surface area contributed by atoms with E-state index >= 15 is 0 Å². The molecule has 1 aromatic heterocycles. The van der Waals surface area contributed by atoms with Crippen LogP contribution in [0.25, 0.3) is 0 Å². The Hall–Kier alpha value is -3.56. The molecule has 6 nitrogen and oxygen atoms in total. The van der Waals surface area contributed by atoms with Gasteiger partial charge in [0.2, 0.25) is 0 Å². The van der Waals surface area contributed by atoms with E-state index < -0.39 is 17.8 Å². The van der Waals surface area contributed by atoms with Crippen molar-refractivity contribution in [3.05, 3.63) is 76.9 Å². The van der Waals surface area contributed by atoms with Crippen LogP contribution in [0, 0.1) is 5.82 Å². The number of benzene rings is 2. The van der Waals surface area contributed by atoms with Crippen LogP contribution in [-0.2, 0) is 32.8 Å². The number of rotatable bonds is 4. The zero-order chi connectivity index (χ0) is 22.9. The number of carbonyl (C=O) groups excluding carboxylic acids is 1. The normalized spacial score (nSPS) is 13.6. The van der Waals surface area contributed by atoms with Crippen molar-refractivity contribution in [2.75, 3.05) is 11.9 Å². The van der Waals surface area contributed by atoms with E-state index in [1.807, 2.05) is 0 Å². The van der Waals surface area contributed by atoms with Gasteiger partial charge in [0, 0.05) is 37.0 Å². The first kappa shape index (κ1) is 21.7. The first-order chi connectivity index (χ1) is 15.2. The second-order valence-electron chi connectivity index (χ2n) is 7.42. The van der Waals surface area contributed by atoms with E-state index in [-0.39, 0.29) is 24.7 Å². The van der Waals surface area contributed by atoms with Crippen LogP contribution in [-0.4, -0.2) is 27.3 Å². The molecule has 168 valence electrons. The average Bonchev–Trinajstić information content (AvgIpc) is 3.08. The summed E-state index contributed by atoms with van der Waals surface area (Å²) in [6, 6.07) is 9.63. The molecule has 0 saturated carbocycles. The van der Waals surface area contributed by atoms with Gasteiger partial charge >= 0.3 is 12.2 Å². The molecule has 4 rings (SSSR count). The molecule has 0 bridgehead atoms. The molecule has 0 radical (unpaired) electrons. The fourth-order valence-corrected chi connectivity index (χ4v) is 3.62. The van der Waals surface area contributed by atoms with Gasteiger partial charge in [0.15, 0.2) is 0 Å². The number of ether oxygens (including phenoxy) is 1. The minimum atomic E-state index is -4.49. The van der Waals surface area contributed by atoms with E-state index in [1.165, 1.54) is 41.3 Å². The van der Waals surface area contributed by atoms with E-state index in [4.69, 9.17) is 4.74 Å². The lowest BCUT2D eigenvalue weighted by atomic mass is 10.1. The zero-order valence-electron chi connectivity index (χ0n) is 17.1. The van der Waals surface area contributed by atoms with E-state index in [1.54, 1.807) is 11.7 Å². The molecule has 0 aliphatic carbocycles. The number of nitrogens with one attached hydrogen (secondary N) is 1. The molecule has 32 heavy (non-hydrogen) atoms. The third kappa shape index (κ3) is 4.68. The zero-order valence-corrected chi connectivity index (χ0v) is 17.1. The number of urea groups is 1. The summed E-state index contributed by atoms with van der Waals surface area (Å²) in [5, 5.41) is 7.01. The standard InChI is InChI=1S/C22H20F4N4O2/c1-29-20-9-10-30(21(31)27-16-4-2-3-14(11-16)22(24,25)26)12-18(20)19(28-29)13-32-17-7-5-15(23)6-8-17/h2-8,11H,9-10,12-13H2,1H3,(H,27,31). The molecule has 0 atom stereocenters. The number of carbonyl (C=O) groups is 1. The molecule has 0 saturated heterocycles. The van der Waals surface area contributed by atoms with Gasteiger partial charge in [-0.2, -0.15) is 18.3 Å². The predicted molar refractivity (Wildman–Crippen MR) is 109 cm³/mol. The molecule has 0 fully saturated rings. The van der Waals surface area contributed by atoms with Crippen LogP contribution < -0.4 is 10.1 Å². The summed E-state index contributed by atoms with van der Waals surface area (Å²) in [4.78, 5) is 14.2. The minimum absolute atomic E-state index is 0.0710. The molecule has 3 aromatic rings. The summed E-state index contributed by atoms with van der Waals surface area (Å²) in [6.07, 6.45) is -3.94. The van der Waals surface area contributed by atoms with Gasteiger partial charge in [-0.25, -0.2) is 9.18 Å². The summed E-state index contributed by atoms with van der Waals surface area (Å²) in [5.74, 6) is 0.121. The van der Waals surface area contributed by atoms with Gasteiger partial charge < -0.3 is 15.0 Å². The summed E-state index contributed by atoms with van der Waals surface area (Å²) in [6.45, 7) is 0.781. The molecular weight excluding hydrogens is 428 g/mol. The van der Waals surface area contributed by atoms with Crippen LogP contribution in [0.15, 0.2) is 48.5 Å². The molecule has 2 amide bonds. The fourth-order valence-electron chi connectivity index (χ4n) is 3.62. The highest BCUT2D eigenvalue weighted by atomic mass is 19.4. The Labute approximate surface area is 181 Å². The Morgan fingerprint density at radius 2 is 1.94 bits per heavy atom. The van der Waals surface area contributed by atoms with Gasteiger partial charge in [0.25, 0.3) is 0 Å².